The van der Waals surface area contributed by atoms with Gasteiger partial charge in [0.15, 0.2) is 0 Å². The summed E-state index contributed by atoms with van der Waals surface area (Å²) in [5.41, 5.74) is 0. The average molecular weight is 222 g/mol. The van der Waals surface area contributed by atoms with Gasteiger partial charge in [-0.1, -0.05) is 36.4 Å². The Balaban J connectivity index is 1.96. The third kappa shape index (κ3) is 2.11. The third-order valence-corrected chi connectivity index (χ3v) is 2.62. The van der Waals surface area contributed by atoms with E-state index >= 15 is 0 Å². The molecule has 2 nitrogen and oxygen atoms in total. The summed E-state index contributed by atoms with van der Waals surface area (Å²) in [5, 5.41) is 2.40. The predicted molar refractivity (Wildman–Crippen MR) is 66.6 cm³/mol. The van der Waals surface area contributed by atoms with Crippen LogP contribution in [0.5, 0.6) is 5.75 Å². The van der Waals surface area contributed by atoms with E-state index in [1.165, 1.54) is 10.8 Å². The van der Waals surface area contributed by atoms with Gasteiger partial charge >= 0.3 is 0 Å². The molecule has 3 rings (SSSR count). The van der Waals surface area contributed by atoms with Crippen molar-refractivity contribution in [3.8, 4) is 5.75 Å². The van der Waals surface area contributed by atoms with Gasteiger partial charge in [-0.25, -0.2) is 4.84 Å². The first-order chi connectivity index (χ1) is 8.42. The summed E-state index contributed by atoms with van der Waals surface area (Å²) in [4.78, 5) is 5.70. The fourth-order valence-corrected chi connectivity index (χ4v) is 1.79. The zero-order valence-corrected chi connectivity index (χ0v) is 9.28. The molecule has 0 radical (unpaired) electrons. The Morgan fingerprint density at radius 2 is 1.47 bits per heavy atom. The van der Waals surface area contributed by atoms with Crippen LogP contribution >= 0.6 is 0 Å². The first kappa shape index (κ1) is 9.85. The lowest BCUT2D eigenvalue weighted by molar-refractivity contribution is -0.875. The number of pyridine rings is 1. The van der Waals surface area contributed by atoms with Gasteiger partial charge in [0.25, 0.3) is 0 Å². The number of fused-ring (bicyclic) bond motifs is 1. The molecule has 0 aliphatic carbocycles. The predicted octanol–water partition coefficient (Wildman–Crippen LogP) is 2.97. The molecule has 1 heterocycles. The maximum absolute atomic E-state index is 5.70. The molecule has 0 unspecified atom stereocenters. The molecular formula is C15H12NO+. The highest BCUT2D eigenvalue weighted by Crippen LogP contribution is 2.19. The quantitative estimate of drug-likeness (QED) is 0.607. The first-order valence-electron chi connectivity index (χ1n) is 5.55. The SMILES string of the molecule is c1cc[n+](Oc2ccc3ccccc3c2)cc1. The minimum absolute atomic E-state index is 0.833. The van der Waals surface area contributed by atoms with Crippen molar-refractivity contribution < 1.29 is 9.57 Å². The molecule has 1 aromatic heterocycles. The number of rotatable bonds is 2. The van der Waals surface area contributed by atoms with Crippen molar-refractivity contribution in [2.75, 3.05) is 0 Å². The second-order valence-corrected chi connectivity index (χ2v) is 3.84. The largest absolute Gasteiger partial charge is 0.232 e. The molecule has 82 valence electrons. The molecule has 17 heavy (non-hydrogen) atoms. The normalized spacial score (nSPS) is 10.4. The van der Waals surface area contributed by atoms with Gasteiger partial charge in [0.2, 0.25) is 18.1 Å². The number of hydrogen-bond donors (Lipinski definition) is 0. The van der Waals surface area contributed by atoms with Gasteiger partial charge in [0, 0.05) is 16.9 Å². The van der Waals surface area contributed by atoms with E-state index in [1.54, 1.807) is 4.73 Å². The summed E-state index contributed by atoms with van der Waals surface area (Å²) in [6.45, 7) is 0. The van der Waals surface area contributed by atoms with Gasteiger partial charge in [-0.2, -0.15) is 0 Å². The Morgan fingerprint density at radius 1 is 0.706 bits per heavy atom. The topological polar surface area (TPSA) is 13.1 Å². The summed E-state index contributed by atoms with van der Waals surface area (Å²) < 4.78 is 1.68. The molecule has 0 atom stereocenters. The molecule has 2 heteroatoms. The highest BCUT2D eigenvalue weighted by Gasteiger charge is 2.03. The molecule has 0 bridgehead atoms. The fourth-order valence-electron chi connectivity index (χ4n) is 1.79. The third-order valence-electron chi connectivity index (χ3n) is 2.62. The summed E-state index contributed by atoms with van der Waals surface area (Å²) in [7, 11) is 0. The molecule has 3 aromatic rings. The van der Waals surface area contributed by atoms with Gasteiger partial charge in [-0.05, 0) is 22.9 Å². The lowest BCUT2D eigenvalue weighted by Crippen LogP contribution is -2.38. The second-order valence-electron chi connectivity index (χ2n) is 3.84. The highest BCUT2D eigenvalue weighted by atomic mass is 16.7. The summed E-state index contributed by atoms with van der Waals surface area (Å²) in [6.07, 6.45) is 3.74. The van der Waals surface area contributed by atoms with E-state index in [0.717, 1.165) is 5.75 Å². The van der Waals surface area contributed by atoms with Crippen LogP contribution in [0.1, 0.15) is 0 Å². The minimum atomic E-state index is 0.833. The average Bonchev–Trinajstić information content (AvgIpc) is 2.40. The van der Waals surface area contributed by atoms with E-state index in [2.05, 4.69) is 18.2 Å². The summed E-state index contributed by atoms with van der Waals surface area (Å²) in [6, 6.07) is 20.1. The molecule has 0 aliphatic heterocycles. The first-order valence-corrected chi connectivity index (χ1v) is 5.55. The Hall–Kier alpha value is -2.35. The Bertz CT molecular complexity index is 635. The zero-order valence-electron chi connectivity index (χ0n) is 9.28. The standard InChI is InChI=1S/C15H12NO/c1-4-10-16(11-5-1)17-15-9-8-13-6-2-3-7-14(13)12-15/h1-12H/q+1. The fraction of sp³-hybridized carbons (Fsp3) is 0. The van der Waals surface area contributed by atoms with Crippen LogP contribution in [0.15, 0.2) is 73.1 Å². The lowest BCUT2D eigenvalue weighted by atomic mass is 10.1. The van der Waals surface area contributed by atoms with Gasteiger partial charge in [-0.15, -0.1) is 0 Å². The molecule has 2 aromatic carbocycles. The van der Waals surface area contributed by atoms with Crippen molar-refractivity contribution in [3.05, 3.63) is 73.1 Å². The van der Waals surface area contributed by atoms with Crippen LogP contribution in [0.25, 0.3) is 10.8 Å². The number of hydrogen-bond acceptors (Lipinski definition) is 1. The second kappa shape index (κ2) is 4.26. The molecule has 0 N–H and O–H groups in total. The van der Waals surface area contributed by atoms with Crippen LogP contribution in [0.4, 0.5) is 0 Å². The lowest BCUT2D eigenvalue weighted by Gasteiger charge is -2.00. The van der Waals surface area contributed by atoms with E-state index < -0.39 is 0 Å². The van der Waals surface area contributed by atoms with Gasteiger partial charge in [-0.3, -0.25) is 0 Å². The molecule has 0 aliphatic rings. The van der Waals surface area contributed by atoms with Crippen LogP contribution in [-0.2, 0) is 0 Å². The summed E-state index contributed by atoms with van der Waals surface area (Å²) >= 11 is 0. The monoisotopic (exact) mass is 222 g/mol. The summed E-state index contributed by atoms with van der Waals surface area (Å²) in [5.74, 6) is 0.833. The molecular weight excluding hydrogens is 210 g/mol. The van der Waals surface area contributed by atoms with Crippen LogP contribution in [-0.4, -0.2) is 0 Å². The number of benzene rings is 2. The molecule has 0 saturated carbocycles. The number of aromatic nitrogens is 1. The van der Waals surface area contributed by atoms with Crippen LogP contribution in [0, 0.1) is 0 Å². The van der Waals surface area contributed by atoms with Crippen molar-refractivity contribution in [3.63, 3.8) is 0 Å². The van der Waals surface area contributed by atoms with Crippen molar-refractivity contribution >= 4 is 10.8 Å². The van der Waals surface area contributed by atoms with Crippen molar-refractivity contribution in [2.24, 2.45) is 0 Å². The van der Waals surface area contributed by atoms with Gasteiger partial charge < -0.3 is 0 Å². The van der Waals surface area contributed by atoms with Crippen LogP contribution in [0.3, 0.4) is 0 Å². The Labute approximate surface area is 99.7 Å². The van der Waals surface area contributed by atoms with E-state index in [-0.39, 0.29) is 0 Å². The van der Waals surface area contributed by atoms with Crippen LogP contribution in [0.2, 0.25) is 0 Å². The molecule has 0 spiro atoms. The molecule has 0 amide bonds. The molecule has 0 fully saturated rings. The zero-order chi connectivity index (χ0) is 11.5. The van der Waals surface area contributed by atoms with E-state index in [1.807, 2.05) is 54.9 Å². The van der Waals surface area contributed by atoms with E-state index in [9.17, 15) is 0 Å². The van der Waals surface area contributed by atoms with E-state index in [0.29, 0.717) is 0 Å². The van der Waals surface area contributed by atoms with Gasteiger partial charge in [0.05, 0.1) is 0 Å². The number of nitrogens with zero attached hydrogens (tertiary/aromatic N) is 1. The van der Waals surface area contributed by atoms with E-state index in [4.69, 9.17) is 4.84 Å². The van der Waals surface area contributed by atoms with Crippen molar-refractivity contribution in [1.82, 2.24) is 0 Å². The van der Waals surface area contributed by atoms with Crippen molar-refractivity contribution in [2.45, 2.75) is 0 Å². The Morgan fingerprint density at radius 3 is 2.29 bits per heavy atom. The van der Waals surface area contributed by atoms with Crippen molar-refractivity contribution in [1.29, 1.82) is 0 Å². The molecule has 0 saturated heterocycles. The maximum atomic E-state index is 5.70. The van der Waals surface area contributed by atoms with Gasteiger partial charge in [0.1, 0.15) is 0 Å². The highest BCUT2D eigenvalue weighted by molar-refractivity contribution is 5.83. The maximum Gasteiger partial charge on any atom is 0.223 e. The van der Waals surface area contributed by atoms with Crippen LogP contribution < -0.4 is 9.57 Å². The smallest absolute Gasteiger partial charge is 0.223 e. The Kier molecular flexibility index (Phi) is 2.47. The minimum Gasteiger partial charge on any atom is -0.232 e.